The standard InChI is InChI=1S/C25H35F2N11O3/c1-35(22(40)16-3-2-4-29-13-16)15-18(39)36-5-7-37(8-6-36)24-32-21(17-14-30-23(28)31-19(17)20(26)27)33-25(34-24)38-9-11-41-12-10-38/h14,16,20,29H,2-13,15H2,1H3,(H2,28,30,31). The topological polar surface area (TPSA) is 159 Å². The van der Waals surface area contributed by atoms with Crippen molar-refractivity contribution in [1.82, 2.24) is 40.0 Å². The first-order chi connectivity index (χ1) is 19.8. The Bertz CT molecular complexity index is 1230. The van der Waals surface area contributed by atoms with Crippen LogP contribution < -0.4 is 20.9 Å². The molecule has 3 saturated heterocycles. The van der Waals surface area contributed by atoms with Crippen molar-refractivity contribution >= 4 is 29.7 Å². The molecule has 14 nitrogen and oxygen atoms in total. The van der Waals surface area contributed by atoms with Crippen molar-refractivity contribution in [2.75, 3.05) is 94.7 Å². The number of nitrogen functional groups attached to an aromatic ring is 1. The molecule has 0 spiro atoms. The van der Waals surface area contributed by atoms with Crippen molar-refractivity contribution < 1.29 is 23.1 Å². The smallest absolute Gasteiger partial charge is 0.281 e. The van der Waals surface area contributed by atoms with Gasteiger partial charge in [-0.25, -0.2) is 18.7 Å². The normalized spacial score (nSPS) is 19.9. The van der Waals surface area contributed by atoms with Gasteiger partial charge in [-0.2, -0.15) is 15.0 Å². The fourth-order valence-corrected chi connectivity index (χ4v) is 5.18. The number of ether oxygens (including phenoxy) is 1. The van der Waals surface area contributed by atoms with Crippen LogP contribution in [-0.2, 0) is 14.3 Å². The summed E-state index contributed by atoms with van der Waals surface area (Å²) in [4.78, 5) is 54.1. The minimum Gasteiger partial charge on any atom is -0.378 e. The van der Waals surface area contributed by atoms with Crippen LogP contribution in [0.4, 0.5) is 26.6 Å². The van der Waals surface area contributed by atoms with Crippen molar-refractivity contribution in [1.29, 1.82) is 0 Å². The molecule has 5 heterocycles. The molecule has 5 rings (SSSR count). The number of nitrogens with two attached hydrogens (primary N) is 1. The van der Waals surface area contributed by atoms with Crippen molar-refractivity contribution in [3.05, 3.63) is 11.9 Å². The van der Waals surface area contributed by atoms with Crippen molar-refractivity contribution in [3.63, 3.8) is 0 Å². The van der Waals surface area contributed by atoms with Gasteiger partial charge >= 0.3 is 0 Å². The molecule has 0 aromatic carbocycles. The summed E-state index contributed by atoms with van der Waals surface area (Å²) in [5.41, 5.74) is 4.98. The lowest BCUT2D eigenvalue weighted by Gasteiger charge is -2.36. The number of piperazine rings is 1. The predicted molar refractivity (Wildman–Crippen MR) is 145 cm³/mol. The van der Waals surface area contributed by atoms with Crippen molar-refractivity contribution in [2.45, 2.75) is 19.3 Å². The number of nitrogens with zero attached hydrogens (tertiary/aromatic N) is 9. The first-order valence-electron chi connectivity index (χ1n) is 13.8. The van der Waals surface area contributed by atoms with Gasteiger partial charge in [0.15, 0.2) is 5.82 Å². The van der Waals surface area contributed by atoms with E-state index in [1.807, 2.05) is 9.80 Å². The van der Waals surface area contributed by atoms with E-state index < -0.39 is 12.1 Å². The minimum atomic E-state index is -2.91. The van der Waals surface area contributed by atoms with Gasteiger partial charge in [0, 0.05) is 59.1 Å². The Kier molecular flexibility index (Phi) is 8.97. The average Bonchev–Trinajstić information content (AvgIpc) is 3.01. The van der Waals surface area contributed by atoms with Crippen LogP contribution in [0.15, 0.2) is 6.20 Å². The van der Waals surface area contributed by atoms with Gasteiger partial charge in [-0.1, -0.05) is 0 Å². The summed E-state index contributed by atoms with van der Waals surface area (Å²) in [6, 6.07) is 0. The number of morpholine rings is 1. The second-order valence-corrected chi connectivity index (χ2v) is 10.3. The number of halogens is 2. The van der Waals surface area contributed by atoms with Gasteiger partial charge in [0.05, 0.1) is 31.2 Å². The van der Waals surface area contributed by atoms with Gasteiger partial charge in [0.1, 0.15) is 5.69 Å². The Morgan fingerprint density at radius 1 is 1.07 bits per heavy atom. The second-order valence-electron chi connectivity index (χ2n) is 10.3. The van der Waals surface area contributed by atoms with Crippen molar-refractivity contribution in [3.8, 4) is 11.4 Å². The number of anilines is 3. The summed E-state index contributed by atoms with van der Waals surface area (Å²) in [7, 11) is 1.67. The average molecular weight is 576 g/mol. The fourth-order valence-electron chi connectivity index (χ4n) is 5.18. The molecule has 1 unspecified atom stereocenters. The third-order valence-corrected chi connectivity index (χ3v) is 7.50. The number of carbonyl (C=O) groups excluding carboxylic acids is 2. The highest BCUT2D eigenvalue weighted by atomic mass is 19.3. The summed E-state index contributed by atoms with van der Waals surface area (Å²) < 4.78 is 33.1. The first-order valence-corrected chi connectivity index (χ1v) is 13.8. The van der Waals surface area contributed by atoms with Crippen molar-refractivity contribution in [2.24, 2.45) is 5.92 Å². The van der Waals surface area contributed by atoms with E-state index in [0.29, 0.717) is 70.9 Å². The highest BCUT2D eigenvalue weighted by molar-refractivity contribution is 5.86. The SMILES string of the molecule is CN(CC(=O)N1CCN(c2nc(-c3cnc(N)nc3C(F)F)nc(N3CCOCC3)n2)CC1)C(=O)C1CCCNC1. The number of rotatable bonds is 7. The highest BCUT2D eigenvalue weighted by Gasteiger charge is 2.29. The Morgan fingerprint density at radius 3 is 2.39 bits per heavy atom. The molecule has 3 N–H and O–H groups in total. The number of carbonyl (C=O) groups is 2. The van der Waals surface area contributed by atoms with Gasteiger partial charge in [0.25, 0.3) is 6.43 Å². The third kappa shape index (κ3) is 6.75. The van der Waals surface area contributed by atoms with E-state index in [1.165, 1.54) is 11.1 Å². The number of hydrogen-bond donors (Lipinski definition) is 2. The van der Waals surface area contributed by atoms with Crippen LogP contribution in [-0.4, -0.2) is 126 Å². The van der Waals surface area contributed by atoms with E-state index in [9.17, 15) is 18.4 Å². The first kappa shape index (κ1) is 28.7. The molecule has 0 radical (unpaired) electrons. The Balaban J connectivity index is 1.31. The number of alkyl halides is 2. The van der Waals surface area contributed by atoms with Crippen LogP contribution in [0.5, 0.6) is 0 Å². The van der Waals surface area contributed by atoms with Gasteiger partial charge in [0.2, 0.25) is 29.7 Å². The molecule has 2 amide bonds. The molecule has 222 valence electrons. The van der Waals surface area contributed by atoms with E-state index in [0.717, 1.165) is 19.4 Å². The summed E-state index contributed by atoms with van der Waals surface area (Å²) in [5, 5.41) is 3.23. The van der Waals surface area contributed by atoms with E-state index in [-0.39, 0.29) is 41.6 Å². The largest absolute Gasteiger partial charge is 0.378 e. The molecule has 2 aromatic heterocycles. The van der Waals surface area contributed by atoms with Crippen LogP contribution in [0.25, 0.3) is 11.4 Å². The Labute approximate surface area is 236 Å². The molecule has 0 bridgehead atoms. The van der Waals surface area contributed by atoms with Crippen LogP contribution >= 0.6 is 0 Å². The zero-order valence-electron chi connectivity index (χ0n) is 23.0. The van der Waals surface area contributed by atoms with Gasteiger partial charge < -0.3 is 35.4 Å². The van der Waals surface area contributed by atoms with Gasteiger partial charge in [-0.05, 0) is 19.4 Å². The van der Waals surface area contributed by atoms with Crippen LogP contribution in [0.1, 0.15) is 25.0 Å². The summed E-state index contributed by atoms with van der Waals surface area (Å²) in [5.74, 6) is 0.133. The zero-order valence-corrected chi connectivity index (χ0v) is 23.0. The number of hydrogen-bond acceptors (Lipinski definition) is 12. The Hall–Kier alpha value is -3.79. The molecule has 0 saturated carbocycles. The third-order valence-electron chi connectivity index (χ3n) is 7.50. The van der Waals surface area contributed by atoms with Gasteiger partial charge in [-0.3, -0.25) is 9.59 Å². The Morgan fingerprint density at radius 2 is 1.76 bits per heavy atom. The molecule has 2 aromatic rings. The quantitative estimate of drug-likeness (QED) is 0.448. The second kappa shape index (κ2) is 12.8. The molecule has 3 aliphatic heterocycles. The number of nitrogens with one attached hydrogen (secondary N) is 1. The van der Waals surface area contributed by atoms with Crippen LogP contribution in [0.3, 0.4) is 0 Å². The van der Waals surface area contributed by atoms with Crippen LogP contribution in [0.2, 0.25) is 0 Å². The number of piperidine rings is 1. The highest BCUT2D eigenvalue weighted by Crippen LogP contribution is 2.30. The lowest BCUT2D eigenvalue weighted by molar-refractivity contribution is -0.142. The lowest BCUT2D eigenvalue weighted by Crippen LogP contribution is -2.52. The summed E-state index contributed by atoms with van der Waals surface area (Å²) in [6.45, 7) is 5.23. The zero-order chi connectivity index (χ0) is 28.9. The number of likely N-dealkylation sites (N-methyl/N-ethyl adjacent to an activating group) is 1. The monoisotopic (exact) mass is 575 g/mol. The summed E-state index contributed by atoms with van der Waals surface area (Å²) in [6.07, 6.45) is 0.0616. The number of amides is 2. The van der Waals surface area contributed by atoms with E-state index in [4.69, 9.17) is 10.5 Å². The fraction of sp³-hybridized carbons (Fsp3) is 0.640. The van der Waals surface area contributed by atoms with E-state index >= 15 is 0 Å². The molecule has 0 aliphatic carbocycles. The van der Waals surface area contributed by atoms with E-state index in [1.54, 1.807) is 11.9 Å². The van der Waals surface area contributed by atoms with Crippen LogP contribution in [0, 0.1) is 5.92 Å². The lowest BCUT2D eigenvalue weighted by atomic mass is 9.98. The molecular weight excluding hydrogens is 540 g/mol. The maximum absolute atomic E-state index is 13.8. The summed E-state index contributed by atoms with van der Waals surface area (Å²) >= 11 is 0. The molecular formula is C25H35F2N11O3. The molecule has 16 heteroatoms. The maximum Gasteiger partial charge on any atom is 0.281 e. The molecule has 1 atom stereocenters. The maximum atomic E-state index is 13.8. The molecule has 3 fully saturated rings. The number of aromatic nitrogens is 5. The van der Waals surface area contributed by atoms with E-state index in [2.05, 4.69) is 30.2 Å². The minimum absolute atomic E-state index is 0.0139. The van der Waals surface area contributed by atoms with Gasteiger partial charge in [-0.15, -0.1) is 0 Å². The molecule has 3 aliphatic rings. The molecule has 41 heavy (non-hydrogen) atoms. The predicted octanol–water partition coefficient (Wildman–Crippen LogP) is -0.208.